The normalized spacial score (nSPS) is 25.0. The van der Waals surface area contributed by atoms with Crippen molar-refractivity contribution in [2.45, 2.75) is 51.4 Å². The van der Waals surface area contributed by atoms with Crippen molar-refractivity contribution in [1.82, 2.24) is 15.1 Å². The fourth-order valence-electron chi connectivity index (χ4n) is 3.31. The summed E-state index contributed by atoms with van der Waals surface area (Å²) >= 11 is 1.70. The zero-order valence-corrected chi connectivity index (χ0v) is 13.9. The van der Waals surface area contributed by atoms with Crippen LogP contribution in [0.2, 0.25) is 0 Å². The van der Waals surface area contributed by atoms with Gasteiger partial charge in [0.25, 0.3) is 0 Å². The van der Waals surface area contributed by atoms with Crippen LogP contribution in [-0.4, -0.2) is 46.9 Å². The monoisotopic (exact) mass is 307 g/mol. The molecule has 0 radical (unpaired) electrons. The van der Waals surface area contributed by atoms with Gasteiger partial charge in [0, 0.05) is 12.6 Å². The Bertz CT molecular complexity index is 494. The van der Waals surface area contributed by atoms with Crippen molar-refractivity contribution in [3.8, 4) is 0 Å². The smallest absolute Gasteiger partial charge is 0.244 e. The molecule has 1 saturated heterocycles. The molecular weight excluding hydrogens is 282 g/mol. The zero-order chi connectivity index (χ0) is 15.0. The number of thiophene rings is 1. The van der Waals surface area contributed by atoms with Crippen molar-refractivity contribution < 1.29 is 4.79 Å². The van der Waals surface area contributed by atoms with Gasteiger partial charge in [-0.05, 0) is 55.2 Å². The van der Waals surface area contributed by atoms with E-state index in [1.54, 1.807) is 11.3 Å². The van der Waals surface area contributed by atoms with Crippen LogP contribution in [0, 0.1) is 0 Å². The Labute approximate surface area is 131 Å². The minimum Gasteiger partial charge on any atom is -0.317 e. The highest BCUT2D eigenvalue weighted by Gasteiger charge is 2.60. The minimum atomic E-state index is -0.246. The fraction of sp³-hybridized carbons (Fsp3) is 0.688. The molecule has 0 bridgehead atoms. The van der Waals surface area contributed by atoms with Gasteiger partial charge in [-0.1, -0.05) is 13.8 Å². The van der Waals surface area contributed by atoms with Gasteiger partial charge in [0.2, 0.25) is 5.91 Å². The molecule has 2 atom stereocenters. The van der Waals surface area contributed by atoms with Crippen LogP contribution in [0.25, 0.3) is 0 Å². The molecule has 2 unspecified atom stereocenters. The lowest BCUT2D eigenvalue weighted by Gasteiger charge is -2.33. The summed E-state index contributed by atoms with van der Waals surface area (Å²) in [6.07, 6.45) is 2.03. The summed E-state index contributed by atoms with van der Waals surface area (Å²) < 4.78 is 0. The summed E-state index contributed by atoms with van der Waals surface area (Å²) in [5.74, 6) is 0.304. The van der Waals surface area contributed by atoms with Gasteiger partial charge >= 0.3 is 0 Å². The highest BCUT2D eigenvalue weighted by atomic mass is 32.1. The Morgan fingerprint density at radius 3 is 2.71 bits per heavy atom. The third-order valence-electron chi connectivity index (χ3n) is 4.84. The number of nitrogens with one attached hydrogen (secondary N) is 1. The maximum Gasteiger partial charge on any atom is 0.244 e. The first-order valence-corrected chi connectivity index (χ1v) is 8.90. The quantitative estimate of drug-likeness (QED) is 0.877. The summed E-state index contributed by atoms with van der Waals surface area (Å²) in [6.45, 7) is 9.54. The number of hydrogen-bond donors (Lipinski definition) is 1. The van der Waals surface area contributed by atoms with Crippen LogP contribution < -0.4 is 5.32 Å². The fourth-order valence-corrected chi connectivity index (χ4v) is 3.99. The van der Waals surface area contributed by atoms with Crippen LogP contribution in [0.5, 0.6) is 0 Å². The Balaban J connectivity index is 1.81. The molecule has 2 heterocycles. The lowest BCUT2D eigenvalue weighted by molar-refractivity contribution is -0.133. The number of likely N-dealkylation sites (N-methyl/N-ethyl adjacent to an activating group) is 1. The number of rotatable bonds is 6. The number of carbonyl (C=O) groups is 1. The Morgan fingerprint density at radius 1 is 1.48 bits per heavy atom. The zero-order valence-electron chi connectivity index (χ0n) is 13.1. The van der Waals surface area contributed by atoms with E-state index in [-0.39, 0.29) is 17.7 Å². The topological polar surface area (TPSA) is 35.6 Å². The molecule has 3 rings (SSSR count). The summed E-state index contributed by atoms with van der Waals surface area (Å²) in [5.41, 5.74) is 0.980. The highest BCUT2D eigenvalue weighted by Crippen LogP contribution is 2.46. The Hall–Kier alpha value is -0.910. The van der Waals surface area contributed by atoms with Gasteiger partial charge in [0.05, 0.1) is 0 Å². The predicted molar refractivity (Wildman–Crippen MR) is 86.3 cm³/mol. The number of hydrogen-bond acceptors (Lipinski definition) is 4. The van der Waals surface area contributed by atoms with Gasteiger partial charge in [-0.25, -0.2) is 0 Å². The summed E-state index contributed by atoms with van der Waals surface area (Å²) in [6, 6.07) is 2.36. The molecule has 1 saturated carbocycles. The third kappa shape index (κ3) is 2.62. The van der Waals surface area contributed by atoms with Crippen LogP contribution in [0.4, 0.5) is 0 Å². The predicted octanol–water partition coefficient (Wildman–Crippen LogP) is 2.44. The molecule has 2 fully saturated rings. The van der Waals surface area contributed by atoms with E-state index in [4.69, 9.17) is 0 Å². The van der Waals surface area contributed by atoms with E-state index in [2.05, 4.69) is 52.7 Å². The van der Waals surface area contributed by atoms with Crippen LogP contribution in [0.15, 0.2) is 16.8 Å². The maximum atomic E-state index is 12.8. The molecule has 1 N–H and O–H groups in total. The summed E-state index contributed by atoms with van der Waals surface area (Å²) in [5, 5.41) is 7.84. The van der Waals surface area contributed by atoms with E-state index in [0.29, 0.717) is 5.91 Å². The number of carbonyl (C=O) groups excluding carboxylic acids is 1. The molecule has 0 aromatic carbocycles. The van der Waals surface area contributed by atoms with E-state index in [0.717, 1.165) is 32.5 Å². The second-order valence-electron chi connectivity index (χ2n) is 6.23. The van der Waals surface area contributed by atoms with E-state index in [1.807, 2.05) is 0 Å². The SMILES string of the molecule is CCN(CC)CC(C)N1C(=O)C2(CC2)NC1c1ccsc1. The highest BCUT2D eigenvalue weighted by molar-refractivity contribution is 7.08. The molecule has 116 valence electrons. The minimum absolute atomic E-state index is 0.0526. The van der Waals surface area contributed by atoms with E-state index < -0.39 is 0 Å². The van der Waals surface area contributed by atoms with Crippen LogP contribution in [0.3, 0.4) is 0 Å². The van der Waals surface area contributed by atoms with Crippen molar-refractivity contribution >= 4 is 17.2 Å². The average molecular weight is 307 g/mol. The maximum absolute atomic E-state index is 12.8. The van der Waals surface area contributed by atoms with Crippen LogP contribution in [-0.2, 0) is 4.79 Å². The first kappa shape index (κ1) is 15.0. The van der Waals surface area contributed by atoms with Crippen molar-refractivity contribution in [2.75, 3.05) is 19.6 Å². The lowest BCUT2D eigenvalue weighted by Crippen LogP contribution is -2.45. The standard InChI is InChI=1S/C16H25N3OS/c1-4-18(5-2)10-12(3)19-14(13-6-9-21-11-13)17-16(7-8-16)15(19)20/h6,9,11-12,14,17H,4-5,7-8,10H2,1-3H3. The van der Waals surface area contributed by atoms with Crippen LogP contribution >= 0.6 is 11.3 Å². The largest absolute Gasteiger partial charge is 0.317 e. The van der Waals surface area contributed by atoms with Crippen molar-refractivity contribution in [3.05, 3.63) is 22.4 Å². The summed E-state index contributed by atoms with van der Waals surface area (Å²) in [7, 11) is 0. The molecule has 21 heavy (non-hydrogen) atoms. The second-order valence-corrected chi connectivity index (χ2v) is 7.01. The Kier molecular flexibility index (Phi) is 4.08. The number of nitrogens with zero attached hydrogens (tertiary/aromatic N) is 2. The van der Waals surface area contributed by atoms with Crippen molar-refractivity contribution in [3.63, 3.8) is 0 Å². The van der Waals surface area contributed by atoms with E-state index >= 15 is 0 Å². The first-order valence-electron chi connectivity index (χ1n) is 7.96. The molecular formula is C16H25N3OS. The van der Waals surface area contributed by atoms with Gasteiger partial charge in [0.1, 0.15) is 11.7 Å². The van der Waals surface area contributed by atoms with Crippen molar-refractivity contribution in [1.29, 1.82) is 0 Å². The molecule has 4 nitrogen and oxygen atoms in total. The molecule has 1 aromatic heterocycles. The lowest BCUT2D eigenvalue weighted by atomic mass is 10.2. The summed E-state index contributed by atoms with van der Waals surface area (Å²) in [4.78, 5) is 17.3. The van der Waals surface area contributed by atoms with E-state index in [9.17, 15) is 4.79 Å². The first-order chi connectivity index (χ1) is 10.1. The van der Waals surface area contributed by atoms with E-state index in [1.165, 1.54) is 5.56 Å². The van der Waals surface area contributed by atoms with Gasteiger partial charge in [-0.3, -0.25) is 10.1 Å². The molecule has 1 aliphatic heterocycles. The molecule has 1 aliphatic carbocycles. The molecule has 1 aromatic rings. The van der Waals surface area contributed by atoms with Gasteiger partial charge in [-0.15, -0.1) is 0 Å². The Morgan fingerprint density at radius 2 is 2.19 bits per heavy atom. The van der Waals surface area contributed by atoms with Gasteiger partial charge < -0.3 is 9.80 Å². The van der Waals surface area contributed by atoms with Crippen LogP contribution in [0.1, 0.15) is 45.3 Å². The second kappa shape index (κ2) is 5.71. The molecule has 5 heteroatoms. The molecule has 2 aliphatic rings. The van der Waals surface area contributed by atoms with Gasteiger partial charge in [-0.2, -0.15) is 11.3 Å². The van der Waals surface area contributed by atoms with Gasteiger partial charge in [0.15, 0.2) is 0 Å². The number of amides is 1. The molecule has 1 spiro atoms. The molecule has 1 amide bonds. The van der Waals surface area contributed by atoms with Crippen molar-refractivity contribution in [2.24, 2.45) is 0 Å². The average Bonchev–Trinajstić information content (AvgIpc) is 2.95. The third-order valence-corrected chi connectivity index (χ3v) is 5.54.